The summed E-state index contributed by atoms with van der Waals surface area (Å²) in [7, 11) is 0. The molecule has 23 heavy (non-hydrogen) atoms. The molecule has 0 N–H and O–H groups in total. The van der Waals surface area contributed by atoms with Crippen LogP contribution >= 0.6 is 11.8 Å². The molecule has 6 nitrogen and oxygen atoms in total. The minimum absolute atomic E-state index is 0.00409. The lowest BCUT2D eigenvalue weighted by Gasteiger charge is -2.16. The molecule has 0 spiro atoms. The number of benzene rings is 1. The summed E-state index contributed by atoms with van der Waals surface area (Å²) < 4.78 is 38.1. The first kappa shape index (κ1) is 15.8. The summed E-state index contributed by atoms with van der Waals surface area (Å²) in [6.45, 7) is -0.757. The maximum atomic E-state index is 12.5. The number of carbonyl (C=O) groups is 1. The predicted octanol–water partition coefficient (Wildman–Crippen LogP) is 2.13. The van der Waals surface area contributed by atoms with Gasteiger partial charge in [-0.2, -0.15) is 13.2 Å². The van der Waals surface area contributed by atoms with E-state index in [9.17, 15) is 18.0 Å². The van der Waals surface area contributed by atoms with Gasteiger partial charge < -0.3 is 4.90 Å². The molecule has 1 aliphatic rings. The number of hydrogen-bond acceptors (Lipinski definition) is 5. The average molecular weight is 343 g/mol. The van der Waals surface area contributed by atoms with Gasteiger partial charge in [0.25, 0.3) is 0 Å². The van der Waals surface area contributed by atoms with Crippen LogP contribution in [0.5, 0.6) is 0 Å². The first-order valence-electron chi connectivity index (χ1n) is 6.80. The third kappa shape index (κ3) is 3.63. The molecule has 0 bridgehead atoms. The number of amides is 1. The van der Waals surface area contributed by atoms with Crippen LogP contribution in [0.1, 0.15) is 6.42 Å². The molecule has 1 fully saturated rings. The number of anilines is 1. The number of para-hydroxylation sites is 1. The summed E-state index contributed by atoms with van der Waals surface area (Å²) >= 11 is 0.967. The van der Waals surface area contributed by atoms with Gasteiger partial charge in [0.05, 0.1) is 5.25 Å². The lowest BCUT2D eigenvalue weighted by Crippen LogP contribution is -2.28. The van der Waals surface area contributed by atoms with Gasteiger partial charge in [-0.05, 0) is 29.0 Å². The van der Waals surface area contributed by atoms with Gasteiger partial charge in [-0.25, -0.2) is 4.68 Å². The van der Waals surface area contributed by atoms with Gasteiger partial charge in [0.2, 0.25) is 11.1 Å². The zero-order valence-corrected chi connectivity index (χ0v) is 12.6. The van der Waals surface area contributed by atoms with Gasteiger partial charge in [-0.3, -0.25) is 4.79 Å². The molecular formula is C13H12F3N5OS. The van der Waals surface area contributed by atoms with Crippen LogP contribution in [-0.4, -0.2) is 44.1 Å². The number of rotatable bonds is 4. The second-order valence-electron chi connectivity index (χ2n) is 4.95. The molecule has 1 aromatic carbocycles. The predicted molar refractivity (Wildman–Crippen MR) is 76.9 cm³/mol. The average Bonchev–Trinajstić information content (AvgIpc) is 3.07. The van der Waals surface area contributed by atoms with Crippen molar-refractivity contribution in [3.05, 3.63) is 30.3 Å². The highest BCUT2D eigenvalue weighted by Gasteiger charge is 2.36. The van der Waals surface area contributed by atoms with Gasteiger partial charge in [0.15, 0.2) is 0 Å². The summed E-state index contributed by atoms with van der Waals surface area (Å²) in [4.78, 5) is 14.1. The van der Waals surface area contributed by atoms with Crippen LogP contribution < -0.4 is 4.90 Å². The monoisotopic (exact) mass is 343 g/mol. The van der Waals surface area contributed by atoms with Crippen LogP contribution in [0.4, 0.5) is 18.9 Å². The number of tetrazole rings is 1. The fourth-order valence-electron chi connectivity index (χ4n) is 2.30. The number of carbonyl (C=O) groups excluding carboxylic acids is 1. The highest BCUT2D eigenvalue weighted by atomic mass is 32.2. The molecule has 1 saturated heterocycles. The SMILES string of the molecule is O=C1[C@H](Sc2nnnn2CC(F)(F)F)CCN1c1ccccc1. The van der Waals surface area contributed by atoms with E-state index in [1.54, 1.807) is 4.90 Å². The molecule has 2 aromatic rings. The van der Waals surface area contributed by atoms with Crippen LogP contribution in [-0.2, 0) is 11.3 Å². The lowest BCUT2D eigenvalue weighted by molar-refractivity contribution is -0.144. The second-order valence-corrected chi connectivity index (χ2v) is 6.12. The molecule has 1 aromatic heterocycles. The van der Waals surface area contributed by atoms with Crippen molar-refractivity contribution in [3.8, 4) is 0 Å². The minimum atomic E-state index is -4.42. The Morgan fingerprint density at radius 3 is 2.70 bits per heavy atom. The Morgan fingerprint density at radius 2 is 2.00 bits per heavy atom. The van der Waals surface area contributed by atoms with Gasteiger partial charge in [-0.15, -0.1) is 5.10 Å². The molecule has 3 rings (SSSR count). The van der Waals surface area contributed by atoms with Crippen LogP contribution in [0.15, 0.2) is 35.5 Å². The van der Waals surface area contributed by atoms with E-state index in [0.29, 0.717) is 17.6 Å². The number of alkyl halides is 3. The molecule has 0 saturated carbocycles. The molecule has 0 unspecified atom stereocenters. The van der Waals surface area contributed by atoms with Crippen molar-refractivity contribution >= 4 is 23.4 Å². The zero-order chi connectivity index (χ0) is 16.4. The minimum Gasteiger partial charge on any atom is -0.311 e. The molecule has 1 aliphatic heterocycles. The fraction of sp³-hybridized carbons (Fsp3) is 0.385. The van der Waals surface area contributed by atoms with Gasteiger partial charge in [0, 0.05) is 12.2 Å². The van der Waals surface area contributed by atoms with E-state index in [4.69, 9.17) is 0 Å². The smallest absolute Gasteiger partial charge is 0.311 e. The molecular weight excluding hydrogens is 331 g/mol. The second kappa shape index (κ2) is 6.19. The highest BCUT2D eigenvalue weighted by molar-refractivity contribution is 8.00. The van der Waals surface area contributed by atoms with Crippen molar-refractivity contribution in [2.75, 3.05) is 11.4 Å². The van der Waals surface area contributed by atoms with E-state index in [1.165, 1.54) is 0 Å². The third-order valence-electron chi connectivity index (χ3n) is 3.30. The van der Waals surface area contributed by atoms with E-state index >= 15 is 0 Å². The number of thioether (sulfide) groups is 1. The van der Waals surface area contributed by atoms with E-state index in [2.05, 4.69) is 15.5 Å². The van der Waals surface area contributed by atoms with Crippen LogP contribution in [0, 0.1) is 0 Å². The van der Waals surface area contributed by atoms with Crippen molar-refractivity contribution in [1.82, 2.24) is 20.2 Å². The summed E-state index contributed by atoms with van der Waals surface area (Å²) in [5.41, 5.74) is 0.774. The molecule has 0 aliphatic carbocycles. The normalized spacial score (nSPS) is 18.7. The number of nitrogens with zero attached hydrogens (tertiary/aromatic N) is 5. The van der Waals surface area contributed by atoms with Crippen molar-refractivity contribution in [2.45, 2.75) is 29.5 Å². The lowest BCUT2D eigenvalue weighted by atomic mass is 10.3. The quantitative estimate of drug-likeness (QED) is 0.851. The third-order valence-corrected chi connectivity index (χ3v) is 4.53. The highest BCUT2D eigenvalue weighted by Crippen LogP contribution is 2.32. The summed E-state index contributed by atoms with van der Waals surface area (Å²) in [5.74, 6) is -0.150. The Hall–Kier alpha value is -2.10. The first-order chi connectivity index (χ1) is 10.9. The van der Waals surface area contributed by atoms with Crippen LogP contribution in [0.2, 0.25) is 0 Å². The topological polar surface area (TPSA) is 63.9 Å². The van der Waals surface area contributed by atoms with E-state index in [-0.39, 0.29) is 11.1 Å². The maximum Gasteiger partial charge on any atom is 0.408 e. The van der Waals surface area contributed by atoms with Crippen molar-refractivity contribution < 1.29 is 18.0 Å². The van der Waals surface area contributed by atoms with Crippen molar-refractivity contribution in [3.63, 3.8) is 0 Å². The van der Waals surface area contributed by atoms with Gasteiger partial charge in [0.1, 0.15) is 6.54 Å². The maximum absolute atomic E-state index is 12.5. The summed E-state index contributed by atoms with van der Waals surface area (Å²) in [5, 5.41) is 9.70. The molecule has 2 heterocycles. The first-order valence-corrected chi connectivity index (χ1v) is 7.68. The van der Waals surface area contributed by atoms with E-state index in [1.807, 2.05) is 30.3 Å². The summed E-state index contributed by atoms with van der Waals surface area (Å²) in [6, 6.07) is 9.14. The Morgan fingerprint density at radius 1 is 1.26 bits per heavy atom. The molecule has 0 radical (unpaired) electrons. The van der Waals surface area contributed by atoms with E-state index < -0.39 is 18.0 Å². The number of aromatic nitrogens is 4. The Kier molecular flexibility index (Phi) is 4.24. The number of hydrogen-bond donors (Lipinski definition) is 0. The molecule has 1 atom stereocenters. The van der Waals surface area contributed by atoms with Crippen molar-refractivity contribution in [1.29, 1.82) is 0 Å². The Balaban J connectivity index is 1.71. The summed E-state index contributed by atoms with van der Waals surface area (Å²) in [6.07, 6.45) is -3.89. The van der Waals surface area contributed by atoms with Crippen LogP contribution in [0.25, 0.3) is 0 Å². The standard InChI is InChI=1S/C13H12F3N5OS/c14-13(15,16)8-21-12(17-18-19-21)23-10-6-7-20(11(10)22)9-4-2-1-3-5-9/h1-5,10H,6-8H2/t10-/m1/s1. The zero-order valence-electron chi connectivity index (χ0n) is 11.8. The Labute approximate surface area is 133 Å². The molecule has 122 valence electrons. The van der Waals surface area contributed by atoms with Crippen LogP contribution in [0.3, 0.4) is 0 Å². The molecule has 1 amide bonds. The molecule has 10 heteroatoms. The van der Waals surface area contributed by atoms with Gasteiger partial charge >= 0.3 is 6.18 Å². The van der Waals surface area contributed by atoms with E-state index in [0.717, 1.165) is 17.4 Å². The van der Waals surface area contributed by atoms with Gasteiger partial charge in [-0.1, -0.05) is 30.0 Å². The Bertz CT molecular complexity index is 690. The largest absolute Gasteiger partial charge is 0.408 e. The number of halogens is 3. The fourth-order valence-corrected chi connectivity index (χ4v) is 3.32. The van der Waals surface area contributed by atoms with Crippen molar-refractivity contribution in [2.24, 2.45) is 0 Å².